The van der Waals surface area contributed by atoms with Crippen molar-refractivity contribution in [1.82, 2.24) is 14.8 Å². The molecule has 0 atom stereocenters. The maximum absolute atomic E-state index is 12.5. The number of amides is 1. The molecule has 1 aromatic heterocycles. The van der Waals surface area contributed by atoms with Crippen LogP contribution in [0.5, 0.6) is 5.75 Å². The van der Waals surface area contributed by atoms with Gasteiger partial charge in [0.05, 0.1) is 17.2 Å². The SMILES string of the molecule is Cc1ccc(OCc2nnc(SCC(=O)Nc3ccccc3[N+](=O)[O-])n2Cc2ccccc2)cc1. The topological polar surface area (TPSA) is 112 Å². The highest BCUT2D eigenvalue weighted by molar-refractivity contribution is 7.99. The fraction of sp³-hybridized carbons (Fsp3) is 0.160. The standard InChI is InChI=1S/C25H23N5O4S/c1-18-11-13-20(14-12-18)34-16-23-27-28-25(29(23)15-19-7-3-2-4-8-19)35-17-24(31)26-21-9-5-6-10-22(21)30(32)33/h2-14H,15-17H2,1H3,(H,26,31). The van der Waals surface area contributed by atoms with E-state index in [1.807, 2.05) is 66.1 Å². The van der Waals surface area contributed by atoms with Gasteiger partial charge in [-0.1, -0.05) is 71.9 Å². The number of hydrogen-bond donors (Lipinski definition) is 1. The van der Waals surface area contributed by atoms with Crippen LogP contribution >= 0.6 is 11.8 Å². The molecule has 178 valence electrons. The van der Waals surface area contributed by atoms with Crippen LogP contribution in [0, 0.1) is 17.0 Å². The molecule has 0 aliphatic rings. The largest absolute Gasteiger partial charge is 0.486 e. The molecule has 9 nitrogen and oxygen atoms in total. The van der Waals surface area contributed by atoms with Crippen molar-refractivity contribution in [2.75, 3.05) is 11.1 Å². The Morgan fingerprint density at radius 1 is 1.03 bits per heavy atom. The summed E-state index contributed by atoms with van der Waals surface area (Å²) in [6.07, 6.45) is 0. The van der Waals surface area contributed by atoms with Gasteiger partial charge in [-0.3, -0.25) is 19.5 Å². The van der Waals surface area contributed by atoms with Crippen molar-refractivity contribution in [3.8, 4) is 5.75 Å². The van der Waals surface area contributed by atoms with Crippen LogP contribution in [-0.2, 0) is 17.9 Å². The van der Waals surface area contributed by atoms with Crippen LogP contribution in [0.25, 0.3) is 0 Å². The second kappa shape index (κ2) is 11.3. The minimum atomic E-state index is -0.528. The molecule has 4 aromatic rings. The summed E-state index contributed by atoms with van der Waals surface area (Å²) in [6.45, 7) is 2.73. The molecule has 10 heteroatoms. The molecule has 0 unspecified atom stereocenters. The number of benzene rings is 3. The predicted molar refractivity (Wildman–Crippen MR) is 134 cm³/mol. The summed E-state index contributed by atoms with van der Waals surface area (Å²) in [5, 5.41) is 22.9. The zero-order chi connectivity index (χ0) is 24.6. The number of para-hydroxylation sites is 2. The average molecular weight is 490 g/mol. The third-order valence-electron chi connectivity index (χ3n) is 5.07. The van der Waals surface area contributed by atoms with Gasteiger partial charge >= 0.3 is 0 Å². The molecular formula is C25H23N5O4S. The lowest BCUT2D eigenvalue weighted by molar-refractivity contribution is -0.383. The van der Waals surface area contributed by atoms with Gasteiger partial charge in [0.2, 0.25) is 5.91 Å². The average Bonchev–Trinajstić information content (AvgIpc) is 3.24. The van der Waals surface area contributed by atoms with Gasteiger partial charge in [0.25, 0.3) is 5.69 Å². The Morgan fingerprint density at radius 3 is 2.49 bits per heavy atom. The van der Waals surface area contributed by atoms with Gasteiger partial charge < -0.3 is 10.1 Å². The van der Waals surface area contributed by atoms with Crippen LogP contribution < -0.4 is 10.1 Å². The molecule has 0 saturated carbocycles. The Kier molecular flexibility index (Phi) is 7.74. The highest BCUT2D eigenvalue weighted by Crippen LogP contribution is 2.25. The number of aromatic nitrogens is 3. The number of carbonyl (C=O) groups is 1. The van der Waals surface area contributed by atoms with Gasteiger partial charge in [-0.2, -0.15) is 0 Å². The van der Waals surface area contributed by atoms with Crippen LogP contribution in [0.15, 0.2) is 84.0 Å². The second-order valence-corrected chi connectivity index (χ2v) is 8.63. The van der Waals surface area contributed by atoms with Crippen molar-refractivity contribution in [3.05, 3.63) is 106 Å². The van der Waals surface area contributed by atoms with Crippen molar-refractivity contribution in [3.63, 3.8) is 0 Å². The maximum Gasteiger partial charge on any atom is 0.292 e. The van der Waals surface area contributed by atoms with Crippen LogP contribution in [0.3, 0.4) is 0 Å². The van der Waals surface area contributed by atoms with Crippen LogP contribution in [0.4, 0.5) is 11.4 Å². The number of nitrogens with one attached hydrogen (secondary N) is 1. The number of aryl methyl sites for hydroxylation is 1. The van der Waals surface area contributed by atoms with E-state index in [0.717, 1.165) is 16.9 Å². The molecule has 4 rings (SSSR count). The van der Waals surface area contributed by atoms with E-state index in [1.165, 1.54) is 23.9 Å². The maximum atomic E-state index is 12.5. The van der Waals surface area contributed by atoms with Gasteiger partial charge in [-0.05, 0) is 30.7 Å². The molecule has 0 aliphatic carbocycles. The fourth-order valence-corrected chi connectivity index (χ4v) is 4.05. The summed E-state index contributed by atoms with van der Waals surface area (Å²) in [4.78, 5) is 23.2. The number of nitro groups is 1. The van der Waals surface area contributed by atoms with Crippen molar-refractivity contribution in [2.24, 2.45) is 0 Å². The van der Waals surface area contributed by atoms with Crippen LogP contribution in [-0.4, -0.2) is 31.3 Å². The van der Waals surface area contributed by atoms with Gasteiger partial charge in [-0.15, -0.1) is 10.2 Å². The second-order valence-electron chi connectivity index (χ2n) is 7.68. The van der Waals surface area contributed by atoms with Crippen molar-refractivity contribution in [1.29, 1.82) is 0 Å². The molecule has 35 heavy (non-hydrogen) atoms. The summed E-state index contributed by atoms with van der Waals surface area (Å²) in [5.41, 5.74) is 2.19. The molecule has 0 aliphatic heterocycles. The number of anilines is 1. The number of thioether (sulfide) groups is 1. The molecule has 1 heterocycles. The number of ether oxygens (including phenoxy) is 1. The minimum Gasteiger partial charge on any atom is -0.486 e. The molecule has 1 amide bonds. The third kappa shape index (κ3) is 6.45. The summed E-state index contributed by atoms with van der Waals surface area (Å²) in [6, 6.07) is 23.6. The summed E-state index contributed by atoms with van der Waals surface area (Å²) in [7, 11) is 0. The number of nitro benzene ring substituents is 1. The first kappa shape index (κ1) is 24.0. The third-order valence-corrected chi connectivity index (χ3v) is 6.04. The first-order valence-electron chi connectivity index (χ1n) is 10.8. The molecule has 1 N–H and O–H groups in total. The van der Waals surface area contributed by atoms with Gasteiger partial charge in [0.1, 0.15) is 18.0 Å². The number of carbonyl (C=O) groups excluding carboxylic acids is 1. The Morgan fingerprint density at radius 2 is 1.74 bits per heavy atom. The van der Waals surface area contributed by atoms with E-state index < -0.39 is 4.92 Å². The molecule has 0 bridgehead atoms. The van der Waals surface area contributed by atoms with E-state index in [1.54, 1.807) is 12.1 Å². The van der Waals surface area contributed by atoms with Crippen LogP contribution in [0.2, 0.25) is 0 Å². The zero-order valence-electron chi connectivity index (χ0n) is 19.0. The zero-order valence-corrected chi connectivity index (χ0v) is 19.8. The minimum absolute atomic E-state index is 0.0117. The van der Waals surface area contributed by atoms with Crippen molar-refractivity contribution < 1.29 is 14.5 Å². The molecule has 3 aromatic carbocycles. The first-order valence-corrected chi connectivity index (χ1v) is 11.8. The molecule has 0 fully saturated rings. The molecule has 0 spiro atoms. The van der Waals surface area contributed by atoms with E-state index in [-0.39, 0.29) is 29.6 Å². The Labute approximate surface area is 206 Å². The first-order chi connectivity index (χ1) is 17.0. The van der Waals surface area contributed by atoms with Crippen LogP contribution in [0.1, 0.15) is 17.0 Å². The highest BCUT2D eigenvalue weighted by Gasteiger charge is 2.18. The fourth-order valence-electron chi connectivity index (χ4n) is 3.29. The smallest absolute Gasteiger partial charge is 0.292 e. The van der Waals surface area contributed by atoms with E-state index in [2.05, 4.69) is 15.5 Å². The van der Waals surface area contributed by atoms with Gasteiger partial charge in [-0.25, -0.2) is 0 Å². The molecule has 0 radical (unpaired) electrons. The van der Waals surface area contributed by atoms with Crippen molar-refractivity contribution in [2.45, 2.75) is 25.2 Å². The number of rotatable bonds is 10. The normalized spacial score (nSPS) is 10.7. The Hall–Kier alpha value is -4.18. The quantitative estimate of drug-likeness (QED) is 0.192. The summed E-state index contributed by atoms with van der Waals surface area (Å²) < 4.78 is 7.81. The van der Waals surface area contributed by atoms with Gasteiger partial charge in [0, 0.05) is 6.07 Å². The van der Waals surface area contributed by atoms with E-state index >= 15 is 0 Å². The van der Waals surface area contributed by atoms with Crippen molar-refractivity contribution >= 4 is 29.0 Å². The summed E-state index contributed by atoms with van der Waals surface area (Å²) in [5.74, 6) is 0.979. The molecule has 0 saturated heterocycles. The molecular weight excluding hydrogens is 466 g/mol. The lowest BCUT2D eigenvalue weighted by Gasteiger charge is -2.11. The predicted octanol–water partition coefficient (Wildman–Crippen LogP) is 4.85. The number of hydrogen-bond acceptors (Lipinski definition) is 7. The number of nitrogens with zero attached hydrogens (tertiary/aromatic N) is 4. The highest BCUT2D eigenvalue weighted by atomic mass is 32.2. The lowest BCUT2D eigenvalue weighted by Crippen LogP contribution is -2.16. The Bertz CT molecular complexity index is 1310. The van der Waals surface area contributed by atoms with Gasteiger partial charge in [0.15, 0.2) is 11.0 Å². The Balaban J connectivity index is 1.47. The summed E-state index contributed by atoms with van der Waals surface area (Å²) >= 11 is 1.20. The van der Waals surface area contributed by atoms with E-state index in [0.29, 0.717) is 17.5 Å². The lowest BCUT2D eigenvalue weighted by atomic mass is 10.2. The van der Waals surface area contributed by atoms with E-state index in [4.69, 9.17) is 4.74 Å². The monoisotopic (exact) mass is 489 g/mol. The van der Waals surface area contributed by atoms with E-state index in [9.17, 15) is 14.9 Å².